The number of nitrogens with one attached hydrogen (secondary N) is 2. The number of amides is 2. The van der Waals surface area contributed by atoms with E-state index >= 15 is 0 Å². The molecule has 1 heterocycles. The summed E-state index contributed by atoms with van der Waals surface area (Å²) >= 11 is 5.82. The number of para-hydroxylation sites is 2. The van der Waals surface area contributed by atoms with Crippen LogP contribution in [0.3, 0.4) is 0 Å². The quantitative estimate of drug-likeness (QED) is 0.665. The Morgan fingerprint density at radius 2 is 1.82 bits per heavy atom. The summed E-state index contributed by atoms with van der Waals surface area (Å²) in [6.07, 6.45) is 1.19. The number of piperidine rings is 1. The first kappa shape index (κ1) is 20.1. The van der Waals surface area contributed by atoms with Crippen LogP contribution in [-0.2, 0) is 9.59 Å². The highest BCUT2D eigenvalue weighted by Gasteiger charge is 2.26. The normalized spacial score (nSPS) is 15.2. The molecule has 3 rings (SSSR count). The van der Waals surface area contributed by atoms with Crippen molar-refractivity contribution in [2.75, 3.05) is 30.3 Å². The first-order valence-corrected chi connectivity index (χ1v) is 9.36. The minimum Gasteiger partial charge on any atom is -0.506 e. The Balaban J connectivity index is 1.47. The van der Waals surface area contributed by atoms with Gasteiger partial charge in [-0.15, -0.1) is 0 Å². The second kappa shape index (κ2) is 9.03. The van der Waals surface area contributed by atoms with E-state index in [1.54, 1.807) is 18.2 Å². The highest BCUT2D eigenvalue weighted by atomic mass is 35.5. The average Bonchev–Trinajstić information content (AvgIpc) is 2.67. The number of likely N-dealkylation sites (tertiary alicyclic amines) is 1. The Kier molecular flexibility index (Phi) is 6.49. The lowest BCUT2D eigenvalue weighted by Crippen LogP contribution is -2.41. The number of benzene rings is 2. The van der Waals surface area contributed by atoms with Crippen LogP contribution in [0.15, 0.2) is 42.5 Å². The number of carbonyl (C=O) groups is 2. The van der Waals surface area contributed by atoms with Gasteiger partial charge in [0.1, 0.15) is 11.6 Å². The standard InChI is InChI=1S/C20H21ClFN3O3/c21-14-5-6-15(22)17(11-14)23-19(27)12-25-9-7-13(8-10-25)20(28)24-16-3-1-2-4-18(16)26/h1-6,11,13,26H,7-10,12H2,(H,23,27)(H,24,28). The molecule has 0 aliphatic carbocycles. The van der Waals surface area contributed by atoms with E-state index < -0.39 is 5.82 Å². The lowest BCUT2D eigenvalue weighted by molar-refractivity contribution is -0.121. The van der Waals surface area contributed by atoms with Gasteiger partial charge in [0, 0.05) is 10.9 Å². The molecule has 0 radical (unpaired) electrons. The molecular weight excluding hydrogens is 385 g/mol. The van der Waals surface area contributed by atoms with Gasteiger partial charge < -0.3 is 15.7 Å². The fourth-order valence-electron chi connectivity index (χ4n) is 3.15. The zero-order valence-electron chi connectivity index (χ0n) is 15.1. The monoisotopic (exact) mass is 405 g/mol. The maximum Gasteiger partial charge on any atom is 0.238 e. The first-order valence-electron chi connectivity index (χ1n) is 8.98. The van der Waals surface area contributed by atoms with E-state index in [-0.39, 0.29) is 35.7 Å². The van der Waals surface area contributed by atoms with Crippen molar-refractivity contribution >= 4 is 34.8 Å². The highest BCUT2D eigenvalue weighted by molar-refractivity contribution is 6.30. The minimum absolute atomic E-state index is 0.0261. The van der Waals surface area contributed by atoms with Gasteiger partial charge in [-0.25, -0.2) is 4.39 Å². The van der Waals surface area contributed by atoms with Gasteiger partial charge in [-0.3, -0.25) is 14.5 Å². The second-order valence-corrected chi connectivity index (χ2v) is 7.17. The Labute approximate surface area is 167 Å². The van der Waals surface area contributed by atoms with E-state index in [1.165, 1.54) is 24.3 Å². The molecule has 0 saturated carbocycles. The molecule has 2 aromatic rings. The Morgan fingerprint density at radius 1 is 1.11 bits per heavy atom. The summed E-state index contributed by atoms with van der Waals surface area (Å²) in [7, 11) is 0. The number of phenols is 1. The van der Waals surface area contributed by atoms with Gasteiger partial charge >= 0.3 is 0 Å². The molecule has 1 aliphatic rings. The number of anilines is 2. The van der Waals surface area contributed by atoms with Crippen molar-refractivity contribution in [1.29, 1.82) is 0 Å². The van der Waals surface area contributed by atoms with Crippen LogP contribution in [0, 0.1) is 11.7 Å². The predicted molar refractivity (Wildman–Crippen MR) is 106 cm³/mol. The third kappa shape index (κ3) is 5.21. The number of carbonyl (C=O) groups excluding carboxylic acids is 2. The van der Waals surface area contributed by atoms with E-state index in [4.69, 9.17) is 11.6 Å². The van der Waals surface area contributed by atoms with Gasteiger partial charge in [0.05, 0.1) is 17.9 Å². The van der Waals surface area contributed by atoms with Gasteiger partial charge in [-0.05, 0) is 56.3 Å². The van der Waals surface area contributed by atoms with Gasteiger partial charge in [-0.1, -0.05) is 23.7 Å². The number of hydrogen-bond acceptors (Lipinski definition) is 4. The number of nitrogens with zero attached hydrogens (tertiary/aromatic N) is 1. The molecule has 1 fully saturated rings. The first-order chi connectivity index (χ1) is 13.4. The van der Waals surface area contributed by atoms with E-state index in [2.05, 4.69) is 10.6 Å². The lowest BCUT2D eigenvalue weighted by atomic mass is 9.95. The van der Waals surface area contributed by atoms with Crippen molar-refractivity contribution in [2.24, 2.45) is 5.92 Å². The Hall–Kier alpha value is -2.64. The molecule has 1 aliphatic heterocycles. The fourth-order valence-corrected chi connectivity index (χ4v) is 3.33. The van der Waals surface area contributed by atoms with Crippen molar-refractivity contribution in [1.82, 2.24) is 4.90 Å². The summed E-state index contributed by atoms with van der Waals surface area (Å²) in [6, 6.07) is 10.6. The molecule has 0 aromatic heterocycles. The summed E-state index contributed by atoms with van der Waals surface area (Å²) in [6.45, 7) is 1.26. The van der Waals surface area contributed by atoms with Crippen LogP contribution in [0.5, 0.6) is 5.75 Å². The summed E-state index contributed by atoms with van der Waals surface area (Å²) < 4.78 is 13.7. The van der Waals surface area contributed by atoms with Gasteiger partial charge in [0.25, 0.3) is 0 Å². The molecule has 2 amide bonds. The molecule has 28 heavy (non-hydrogen) atoms. The van der Waals surface area contributed by atoms with Crippen LogP contribution in [0.1, 0.15) is 12.8 Å². The van der Waals surface area contributed by atoms with Crippen LogP contribution in [-0.4, -0.2) is 41.5 Å². The Morgan fingerprint density at radius 3 is 2.54 bits per heavy atom. The Bertz CT molecular complexity index is 870. The maximum absolute atomic E-state index is 13.7. The number of rotatable bonds is 5. The fraction of sp³-hybridized carbons (Fsp3) is 0.300. The zero-order chi connectivity index (χ0) is 20.1. The number of phenolic OH excluding ortho intramolecular Hbond substituents is 1. The van der Waals surface area contributed by atoms with Crippen LogP contribution >= 0.6 is 11.6 Å². The number of halogens is 2. The summed E-state index contributed by atoms with van der Waals surface area (Å²) in [5.74, 6) is -1.19. The average molecular weight is 406 g/mol. The molecule has 3 N–H and O–H groups in total. The molecule has 0 atom stereocenters. The molecule has 0 unspecified atom stereocenters. The molecule has 0 bridgehead atoms. The van der Waals surface area contributed by atoms with Crippen molar-refractivity contribution < 1.29 is 19.1 Å². The molecule has 0 spiro atoms. The maximum atomic E-state index is 13.7. The van der Waals surface area contributed by atoms with Gasteiger partial charge in [0.15, 0.2) is 0 Å². The molecular formula is C20H21ClFN3O3. The van der Waals surface area contributed by atoms with E-state index in [0.717, 1.165) is 0 Å². The van der Waals surface area contributed by atoms with Crippen LogP contribution in [0.4, 0.5) is 15.8 Å². The molecule has 8 heteroatoms. The molecule has 148 valence electrons. The van der Waals surface area contributed by atoms with Crippen molar-refractivity contribution in [3.63, 3.8) is 0 Å². The third-order valence-corrected chi connectivity index (χ3v) is 4.93. The number of aromatic hydroxyl groups is 1. The lowest BCUT2D eigenvalue weighted by Gasteiger charge is -2.30. The topological polar surface area (TPSA) is 81.7 Å². The molecule has 6 nitrogen and oxygen atoms in total. The van der Waals surface area contributed by atoms with E-state index in [1.807, 2.05) is 4.90 Å². The largest absolute Gasteiger partial charge is 0.506 e. The summed E-state index contributed by atoms with van der Waals surface area (Å²) in [4.78, 5) is 26.5. The molecule has 2 aromatic carbocycles. The van der Waals surface area contributed by atoms with Crippen molar-refractivity contribution in [2.45, 2.75) is 12.8 Å². The van der Waals surface area contributed by atoms with Crippen LogP contribution in [0.2, 0.25) is 5.02 Å². The minimum atomic E-state index is -0.544. The van der Waals surface area contributed by atoms with Crippen LogP contribution < -0.4 is 10.6 Å². The molecule has 1 saturated heterocycles. The zero-order valence-corrected chi connectivity index (χ0v) is 15.9. The predicted octanol–water partition coefficient (Wildman–Crippen LogP) is 3.47. The second-order valence-electron chi connectivity index (χ2n) is 6.73. The third-order valence-electron chi connectivity index (χ3n) is 4.69. The van der Waals surface area contributed by atoms with E-state index in [0.29, 0.717) is 36.6 Å². The van der Waals surface area contributed by atoms with Crippen molar-refractivity contribution in [3.05, 3.63) is 53.3 Å². The van der Waals surface area contributed by atoms with Gasteiger partial charge in [0.2, 0.25) is 11.8 Å². The smallest absolute Gasteiger partial charge is 0.238 e. The van der Waals surface area contributed by atoms with E-state index in [9.17, 15) is 19.1 Å². The highest BCUT2D eigenvalue weighted by Crippen LogP contribution is 2.25. The SMILES string of the molecule is O=C(CN1CCC(C(=O)Nc2ccccc2O)CC1)Nc1cc(Cl)ccc1F. The van der Waals surface area contributed by atoms with Gasteiger partial charge in [-0.2, -0.15) is 0 Å². The van der Waals surface area contributed by atoms with Crippen LogP contribution in [0.25, 0.3) is 0 Å². The summed E-state index contributed by atoms with van der Waals surface area (Å²) in [5.41, 5.74) is 0.437. The number of hydrogen-bond donors (Lipinski definition) is 3. The summed E-state index contributed by atoms with van der Waals surface area (Å²) in [5, 5.41) is 15.4. The van der Waals surface area contributed by atoms with Crippen molar-refractivity contribution in [3.8, 4) is 5.75 Å².